The lowest BCUT2D eigenvalue weighted by Crippen LogP contribution is -2.53. The van der Waals surface area contributed by atoms with E-state index in [1.54, 1.807) is 42.2 Å². The van der Waals surface area contributed by atoms with Gasteiger partial charge >= 0.3 is 12.0 Å². The monoisotopic (exact) mass is 565 g/mol. The van der Waals surface area contributed by atoms with Crippen molar-refractivity contribution < 1.29 is 29.0 Å². The number of rotatable bonds is 10. The summed E-state index contributed by atoms with van der Waals surface area (Å²) < 4.78 is 5.07. The minimum atomic E-state index is -1.22. The zero-order valence-corrected chi connectivity index (χ0v) is 22.9. The second-order valence-corrected chi connectivity index (χ2v) is 9.93. The molecule has 1 aliphatic heterocycles. The van der Waals surface area contributed by atoms with Crippen LogP contribution in [0.2, 0.25) is 0 Å². The van der Waals surface area contributed by atoms with Crippen LogP contribution in [0.3, 0.4) is 0 Å². The molecule has 4 rings (SSSR count). The number of para-hydroxylation sites is 1. The average Bonchev–Trinajstić information content (AvgIpc) is 3.50. The van der Waals surface area contributed by atoms with Gasteiger partial charge in [0.15, 0.2) is 0 Å². The van der Waals surface area contributed by atoms with Gasteiger partial charge in [0.25, 0.3) is 5.91 Å². The number of nitrogens with zero attached hydrogens (tertiary/aromatic N) is 1. The summed E-state index contributed by atoms with van der Waals surface area (Å²) in [6.07, 6.45) is 5.80. The van der Waals surface area contributed by atoms with E-state index < -0.39 is 36.6 Å². The number of urea groups is 1. The number of ether oxygens (including phenoxy) is 1. The Morgan fingerprint density at radius 1 is 1.29 bits per heavy atom. The van der Waals surface area contributed by atoms with E-state index in [9.17, 15) is 24.3 Å². The molecule has 2 aromatic rings. The molecule has 0 radical (unpaired) electrons. The predicted molar refractivity (Wildman–Crippen MR) is 151 cm³/mol. The first-order valence-electron chi connectivity index (χ1n) is 13.4. The number of fused-ring (bicyclic) bond motifs is 1. The van der Waals surface area contributed by atoms with E-state index in [4.69, 9.17) is 15.9 Å². The molecule has 2 aliphatic rings. The second-order valence-electron chi connectivity index (χ2n) is 9.93. The molecule has 13 nitrogen and oxygen atoms in total. The number of benzene rings is 1. The highest BCUT2D eigenvalue weighted by atomic mass is 16.5. The number of amidine groups is 1. The summed E-state index contributed by atoms with van der Waals surface area (Å²) in [5.41, 5.74) is 7.30. The third-order valence-corrected chi connectivity index (χ3v) is 7.21. The Bertz CT molecular complexity index is 1410. The van der Waals surface area contributed by atoms with Gasteiger partial charge in [-0.25, -0.2) is 9.59 Å². The molecule has 0 spiro atoms. The Labute approximate surface area is 236 Å². The summed E-state index contributed by atoms with van der Waals surface area (Å²) >= 11 is 0. The molecular formula is C28H35N7O6. The Balaban J connectivity index is 1.36. The Kier molecular flexibility index (Phi) is 9.07. The first-order valence-corrected chi connectivity index (χ1v) is 13.4. The van der Waals surface area contributed by atoms with Gasteiger partial charge in [-0.3, -0.25) is 15.0 Å². The fraction of sp³-hybridized carbons (Fsp3) is 0.393. The van der Waals surface area contributed by atoms with Crippen LogP contribution in [0, 0.1) is 11.3 Å². The summed E-state index contributed by atoms with van der Waals surface area (Å²) in [4.78, 5) is 56.1. The smallest absolute Gasteiger partial charge is 0.330 e. The van der Waals surface area contributed by atoms with Gasteiger partial charge in [0.1, 0.15) is 23.6 Å². The van der Waals surface area contributed by atoms with E-state index in [1.165, 1.54) is 0 Å². The van der Waals surface area contributed by atoms with Crippen LogP contribution in [-0.4, -0.2) is 82.5 Å². The molecule has 0 bridgehead atoms. The topological polar surface area (TPSA) is 203 Å². The highest BCUT2D eigenvalue weighted by Crippen LogP contribution is 2.26. The minimum absolute atomic E-state index is 0.0389. The lowest BCUT2D eigenvalue weighted by Gasteiger charge is -2.31. The lowest BCUT2D eigenvalue weighted by atomic mass is 9.91. The van der Waals surface area contributed by atoms with Crippen molar-refractivity contribution in [2.45, 2.75) is 45.0 Å². The molecule has 1 fully saturated rings. The van der Waals surface area contributed by atoms with Crippen LogP contribution in [0.5, 0.6) is 0 Å². The van der Waals surface area contributed by atoms with Crippen LogP contribution in [0.15, 0.2) is 48.1 Å². The van der Waals surface area contributed by atoms with Gasteiger partial charge in [-0.05, 0) is 25.3 Å². The number of aromatic amines is 1. The number of nitrogens with two attached hydrogens (primary N) is 1. The molecule has 13 heteroatoms. The number of hydrogen-bond acceptors (Lipinski definition) is 7. The van der Waals surface area contributed by atoms with Crippen molar-refractivity contribution in [1.29, 1.82) is 5.41 Å². The largest absolute Gasteiger partial charge is 0.464 e. The zero-order chi connectivity index (χ0) is 29.7. The number of amides is 4. The van der Waals surface area contributed by atoms with Crippen LogP contribution in [0.1, 0.15) is 36.3 Å². The van der Waals surface area contributed by atoms with E-state index >= 15 is 0 Å². The molecule has 41 heavy (non-hydrogen) atoms. The summed E-state index contributed by atoms with van der Waals surface area (Å²) in [7, 11) is 0. The number of carbonyl (C=O) groups is 4. The number of esters is 1. The molecule has 218 valence electrons. The van der Waals surface area contributed by atoms with Gasteiger partial charge in [0.05, 0.1) is 25.8 Å². The summed E-state index contributed by atoms with van der Waals surface area (Å²) in [6.45, 7) is 3.36. The van der Waals surface area contributed by atoms with E-state index in [2.05, 4.69) is 20.9 Å². The van der Waals surface area contributed by atoms with Crippen molar-refractivity contribution in [2.75, 3.05) is 19.7 Å². The van der Waals surface area contributed by atoms with Crippen LogP contribution in [0.25, 0.3) is 10.9 Å². The Morgan fingerprint density at radius 3 is 2.73 bits per heavy atom. The number of nitrogens with one attached hydrogen (secondary N) is 5. The Morgan fingerprint density at radius 2 is 2.05 bits per heavy atom. The molecule has 1 aliphatic carbocycles. The second kappa shape index (κ2) is 12.7. The van der Waals surface area contributed by atoms with Gasteiger partial charge in [-0.1, -0.05) is 43.4 Å². The van der Waals surface area contributed by atoms with Crippen molar-refractivity contribution in [3.8, 4) is 0 Å². The fourth-order valence-electron chi connectivity index (χ4n) is 5.14. The first-order chi connectivity index (χ1) is 19.6. The van der Waals surface area contributed by atoms with Crippen LogP contribution >= 0.6 is 0 Å². The molecule has 4 amide bonds. The number of hydrogen-bond donors (Lipinski definition) is 7. The number of H-pyrrole nitrogens is 1. The van der Waals surface area contributed by atoms with Gasteiger partial charge in [0, 0.05) is 28.6 Å². The number of carbonyl (C=O) groups excluding carboxylic acids is 4. The zero-order valence-electron chi connectivity index (χ0n) is 22.9. The Hall–Kier alpha value is -4.65. The summed E-state index contributed by atoms with van der Waals surface area (Å²) in [6, 6.07) is 4.20. The summed E-state index contributed by atoms with van der Waals surface area (Å²) in [5.74, 6) is -1.74. The van der Waals surface area contributed by atoms with E-state index in [-0.39, 0.29) is 42.5 Å². The van der Waals surface area contributed by atoms with Crippen molar-refractivity contribution in [2.24, 2.45) is 11.7 Å². The maximum Gasteiger partial charge on any atom is 0.330 e. The fourth-order valence-corrected chi connectivity index (χ4v) is 5.14. The molecule has 1 aromatic carbocycles. The van der Waals surface area contributed by atoms with Crippen molar-refractivity contribution in [3.05, 3.63) is 59.3 Å². The van der Waals surface area contributed by atoms with Crippen molar-refractivity contribution in [1.82, 2.24) is 25.8 Å². The molecule has 2 heterocycles. The quantitative estimate of drug-likeness (QED) is 0.124. The third-order valence-electron chi connectivity index (χ3n) is 7.21. The number of aliphatic hydroxyl groups is 1. The van der Waals surface area contributed by atoms with Crippen molar-refractivity contribution >= 4 is 40.6 Å². The van der Waals surface area contributed by atoms with Gasteiger partial charge in [-0.15, -0.1) is 0 Å². The molecule has 0 saturated carbocycles. The van der Waals surface area contributed by atoms with E-state index in [0.717, 1.165) is 0 Å². The SMILES string of the molecule is CCOC(=O)C(CNC(=O)NC1CCN(C2C=CC(C(=N)N)=CC2C)C1=O)NC(=O)c1[nH]c2ccccc2c1CO. The van der Waals surface area contributed by atoms with Gasteiger partial charge in [-0.2, -0.15) is 0 Å². The maximum atomic E-state index is 13.1. The molecule has 1 aromatic heterocycles. The predicted octanol–water partition coefficient (Wildman–Crippen LogP) is 0.659. The summed E-state index contributed by atoms with van der Waals surface area (Å²) in [5, 5.41) is 25.9. The highest BCUT2D eigenvalue weighted by Gasteiger charge is 2.38. The third kappa shape index (κ3) is 6.40. The number of likely N-dealkylation sites (tertiary alicyclic amines) is 1. The molecule has 4 atom stereocenters. The maximum absolute atomic E-state index is 13.1. The minimum Gasteiger partial charge on any atom is -0.464 e. The van der Waals surface area contributed by atoms with Crippen LogP contribution in [0.4, 0.5) is 4.79 Å². The molecule has 1 saturated heterocycles. The average molecular weight is 566 g/mol. The number of aliphatic hydroxyl groups excluding tert-OH is 1. The van der Waals surface area contributed by atoms with Crippen LogP contribution in [-0.2, 0) is 20.9 Å². The normalized spacial score (nSPS) is 20.9. The van der Waals surface area contributed by atoms with E-state index in [0.29, 0.717) is 35.0 Å². The highest BCUT2D eigenvalue weighted by molar-refractivity contribution is 6.02. The van der Waals surface area contributed by atoms with Gasteiger partial charge < -0.3 is 41.4 Å². The number of aromatic nitrogens is 1. The standard InChI is InChI=1S/C28H35N7O6/c1-3-41-27(39)21(33-25(37)23-18(14-36)17-6-4-5-7-19(17)32-23)13-31-28(40)34-20-10-11-35(26(20)38)22-9-8-16(24(29)30)12-15(22)2/h4-9,12,15,20-22,32,36H,3,10-11,13-14H2,1-2H3,(H3,29,30)(H,33,37)(H2,31,34,40). The van der Waals surface area contributed by atoms with Crippen molar-refractivity contribution in [3.63, 3.8) is 0 Å². The first kappa shape index (κ1) is 29.3. The molecule has 8 N–H and O–H groups in total. The molecular weight excluding hydrogens is 530 g/mol. The molecule has 4 unspecified atom stereocenters. The van der Waals surface area contributed by atoms with Crippen LogP contribution < -0.4 is 21.7 Å². The lowest BCUT2D eigenvalue weighted by molar-refractivity contribution is -0.145. The van der Waals surface area contributed by atoms with E-state index in [1.807, 2.05) is 19.1 Å². The van der Waals surface area contributed by atoms with Gasteiger partial charge in [0.2, 0.25) is 5.91 Å².